The highest BCUT2D eigenvalue weighted by Crippen LogP contribution is 2.26. The molecular formula is C15H22ClNO3. The molecule has 1 aliphatic heterocycles. The van der Waals surface area contributed by atoms with Gasteiger partial charge in [0.05, 0.1) is 13.7 Å². The van der Waals surface area contributed by atoms with Gasteiger partial charge < -0.3 is 15.2 Å². The third-order valence-electron chi connectivity index (χ3n) is 3.42. The number of nitrogens with two attached hydrogens (primary N) is 1. The molecule has 1 atom stereocenters. The number of rotatable bonds is 5. The van der Waals surface area contributed by atoms with E-state index in [9.17, 15) is 4.79 Å². The first-order valence-electron chi connectivity index (χ1n) is 6.76. The Hall–Kier alpha value is -1.26. The maximum absolute atomic E-state index is 11.1. The van der Waals surface area contributed by atoms with Crippen molar-refractivity contribution in [3.8, 4) is 5.75 Å². The minimum Gasteiger partial charge on any atom is -0.493 e. The van der Waals surface area contributed by atoms with Crippen LogP contribution in [0.25, 0.3) is 0 Å². The Balaban J connectivity index is 0.00000200. The number of carbonyl (C=O) groups is 1. The number of esters is 1. The molecule has 1 aromatic rings. The lowest BCUT2D eigenvalue weighted by Crippen LogP contribution is -2.24. The average molecular weight is 300 g/mol. The number of benzene rings is 1. The summed E-state index contributed by atoms with van der Waals surface area (Å²) in [5.74, 6) is 0.799. The van der Waals surface area contributed by atoms with Crippen LogP contribution in [-0.2, 0) is 22.4 Å². The zero-order valence-electron chi connectivity index (χ0n) is 11.8. The van der Waals surface area contributed by atoms with Gasteiger partial charge in [-0.1, -0.05) is 12.1 Å². The second-order valence-corrected chi connectivity index (χ2v) is 4.97. The van der Waals surface area contributed by atoms with Crippen molar-refractivity contribution in [3.63, 3.8) is 0 Å². The first-order chi connectivity index (χ1) is 9.19. The molecular weight excluding hydrogens is 278 g/mol. The molecule has 0 saturated heterocycles. The number of halogens is 1. The van der Waals surface area contributed by atoms with Crippen LogP contribution in [0.2, 0.25) is 0 Å². The van der Waals surface area contributed by atoms with E-state index in [1.165, 1.54) is 18.2 Å². The summed E-state index contributed by atoms with van der Waals surface area (Å²) in [5, 5.41) is 0. The molecule has 0 spiro atoms. The predicted octanol–water partition coefficient (Wildman–Crippen LogP) is 2.26. The molecule has 1 aromatic carbocycles. The molecule has 2 N–H and O–H groups in total. The summed E-state index contributed by atoms with van der Waals surface area (Å²) in [6, 6.07) is 6.24. The van der Waals surface area contributed by atoms with Crippen molar-refractivity contribution in [2.75, 3.05) is 13.7 Å². The van der Waals surface area contributed by atoms with E-state index in [1.54, 1.807) is 0 Å². The molecule has 0 radical (unpaired) electrons. The Morgan fingerprint density at radius 2 is 2.30 bits per heavy atom. The molecule has 5 heteroatoms. The number of hydrogen-bond donors (Lipinski definition) is 1. The molecule has 1 heterocycles. The van der Waals surface area contributed by atoms with Gasteiger partial charge in [-0.15, -0.1) is 12.4 Å². The lowest BCUT2D eigenvalue weighted by Gasteiger charge is -2.19. The highest BCUT2D eigenvalue weighted by Gasteiger charge is 2.12. The van der Waals surface area contributed by atoms with Gasteiger partial charge in [0, 0.05) is 12.5 Å². The van der Waals surface area contributed by atoms with Gasteiger partial charge in [-0.3, -0.25) is 4.79 Å². The number of aryl methyl sites for hydroxylation is 1. The second-order valence-electron chi connectivity index (χ2n) is 4.97. The fourth-order valence-electron chi connectivity index (χ4n) is 2.35. The van der Waals surface area contributed by atoms with Crippen molar-refractivity contribution in [1.29, 1.82) is 0 Å². The number of hydrogen-bond acceptors (Lipinski definition) is 4. The molecule has 1 unspecified atom stereocenters. The topological polar surface area (TPSA) is 61.5 Å². The Bertz CT molecular complexity index is 451. The lowest BCUT2D eigenvalue weighted by atomic mass is 9.98. The highest BCUT2D eigenvalue weighted by atomic mass is 35.5. The molecule has 0 amide bonds. The SMILES string of the molecule is COC(=O)CCC(N)Cc1ccc2c(c1)CCCO2.Cl. The van der Waals surface area contributed by atoms with Gasteiger partial charge in [0.15, 0.2) is 0 Å². The van der Waals surface area contributed by atoms with E-state index in [0.29, 0.717) is 12.8 Å². The van der Waals surface area contributed by atoms with E-state index < -0.39 is 0 Å². The third kappa shape index (κ3) is 4.69. The number of methoxy groups -OCH3 is 1. The van der Waals surface area contributed by atoms with Crippen molar-refractivity contribution >= 4 is 18.4 Å². The van der Waals surface area contributed by atoms with Crippen LogP contribution in [0.4, 0.5) is 0 Å². The smallest absolute Gasteiger partial charge is 0.305 e. The van der Waals surface area contributed by atoms with Gasteiger partial charge >= 0.3 is 5.97 Å². The van der Waals surface area contributed by atoms with Crippen molar-refractivity contribution < 1.29 is 14.3 Å². The molecule has 4 nitrogen and oxygen atoms in total. The zero-order chi connectivity index (χ0) is 13.7. The summed E-state index contributed by atoms with van der Waals surface area (Å²) >= 11 is 0. The first kappa shape index (κ1) is 16.8. The van der Waals surface area contributed by atoms with Crippen LogP contribution < -0.4 is 10.5 Å². The summed E-state index contributed by atoms with van der Waals surface area (Å²) in [5.41, 5.74) is 8.52. The minimum atomic E-state index is -0.200. The van der Waals surface area contributed by atoms with Crippen LogP contribution in [0.3, 0.4) is 0 Å². The van der Waals surface area contributed by atoms with E-state index >= 15 is 0 Å². The minimum absolute atomic E-state index is 0. The first-order valence-corrected chi connectivity index (χ1v) is 6.76. The average Bonchev–Trinajstić information content (AvgIpc) is 2.44. The van der Waals surface area contributed by atoms with Crippen molar-refractivity contribution in [2.24, 2.45) is 5.73 Å². The molecule has 112 valence electrons. The molecule has 20 heavy (non-hydrogen) atoms. The molecule has 0 fully saturated rings. The van der Waals surface area contributed by atoms with Crippen LogP contribution in [0, 0.1) is 0 Å². The summed E-state index contributed by atoms with van der Waals surface area (Å²) in [7, 11) is 1.40. The van der Waals surface area contributed by atoms with Crippen LogP contribution in [-0.4, -0.2) is 25.7 Å². The summed E-state index contributed by atoms with van der Waals surface area (Å²) in [6.07, 6.45) is 3.96. The molecule has 0 saturated carbocycles. The highest BCUT2D eigenvalue weighted by molar-refractivity contribution is 5.85. The second kappa shape index (κ2) is 8.12. The third-order valence-corrected chi connectivity index (χ3v) is 3.42. The van der Waals surface area contributed by atoms with Gasteiger partial charge in [0.2, 0.25) is 0 Å². The van der Waals surface area contributed by atoms with E-state index in [1.807, 2.05) is 6.07 Å². The van der Waals surface area contributed by atoms with Crippen LogP contribution in [0.1, 0.15) is 30.4 Å². The van der Waals surface area contributed by atoms with Crippen molar-refractivity contribution in [3.05, 3.63) is 29.3 Å². The van der Waals surface area contributed by atoms with Gasteiger partial charge in [-0.25, -0.2) is 0 Å². The number of fused-ring (bicyclic) bond motifs is 1. The maximum Gasteiger partial charge on any atom is 0.305 e. The van der Waals surface area contributed by atoms with Gasteiger partial charge in [-0.2, -0.15) is 0 Å². The Kier molecular flexibility index (Phi) is 6.82. The Morgan fingerprint density at radius 1 is 1.50 bits per heavy atom. The molecule has 1 aliphatic rings. The normalized spacial score (nSPS) is 14.5. The monoisotopic (exact) mass is 299 g/mol. The van der Waals surface area contributed by atoms with Crippen LogP contribution >= 0.6 is 12.4 Å². The fraction of sp³-hybridized carbons (Fsp3) is 0.533. The molecule has 0 aliphatic carbocycles. The Morgan fingerprint density at radius 3 is 3.05 bits per heavy atom. The van der Waals surface area contributed by atoms with Crippen molar-refractivity contribution in [1.82, 2.24) is 0 Å². The van der Waals surface area contributed by atoms with E-state index in [4.69, 9.17) is 10.5 Å². The molecule has 0 aromatic heterocycles. The predicted molar refractivity (Wildman–Crippen MR) is 80.4 cm³/mol. The van der Waals surface area contributed by atoms with E-state index in [0.717, 1.165) is 31.6 Å². The quantitative estimate of drug-likeness (QED) is 0.847. The largest absolute Gasteiger partial charge is 0.493 e. The van der Waals surface area contributed by atoms with Gasteiger partial charge in [0.25, 0.3) is 0 Å². The summed E-state index contributed by atoms with van der Waals surface area (Å²) < 4.78 is 10.2. The van der Waals surface area contributed by atoms with Crippen LogP contribution in [0.5, 0.6) is 5.75 Å². The van der Waals surface area contributed by atoms with Gasteiger partial charge in [0.1, 0.15) is 5.75 Å². The summed E-state index contributed by atoms with van der Waals surface area (Å²) in [6.45, 7) is 0.811. The summed E-state index contributed by atoms with van der Waals surface area (Å²) in [4.78, 5) is 11.1. The number of ether oxygens (including phenoxy) is 2. The molecule has 2 rings (SSSR count). The maximum atomic E-state index is 11.1. The fourth-order valence-corrected chi connectivity index (χ4v) is 2.35. The molecule has 0 bridgehead atoms. The van der Waals surface area contributed by atoms with Gasteiger partial charge in [-0.05, 0) is 42.9 Å². The van der Waals surface area contributed by atoms with E-state index in [2.05, 4.69) is 16.9 Å². The standard InChI is InChI=1S/C15H21NO3.ClH/c1-18-15(17)7-5-13(16)10-11-4-6-14-12(9-11)3-2-8-19-14;/h4,6,9,13H,2-3,5,7-8,10,16H2,1H3;1H. The van der Waals surface area contributed by atoms with Crippen LogP contribution in [0.15, 0.2) is 18.2 Å². The lowest BCUT2D eigenvalue weighted by molar-refractivity contribution is -0.140. The van der Waals surface area contributed by atoms with E-state index in [-0.39, 0.29) is 24.4 Å². The number of carbonyl (C=O) groups excluding carboxylic acids is 1. The Labute approximate surface area is 126 Å². The van der Waals surface area contributed by atoms with Crippen molar-refractivity contribution in [2.45, 2.75) is 38.1 Å². The zero-order valence-corrected chi connectivity index (χ0v) is 12.6.